The predicted molar refractivity (Wildman–Crippen MR) is 60.6 cm³/mol. The molecule has 0 saturated carbocycles. The SMILES string of the molecule is C[NH2+]Cc1cc(=O)oc2cc(OC)ccc12. The molecule has 1 aromatic heterocycles. The summed E-state index contributed by atoms with van der Waals surface area (Å²) in [6, 6.07) is 7.04. The van der Waals surface area contributed by atoms with Gasteiger partial charge in [0.15, 0.2) is 0 Å². The van der Waals surface area contributed by atoms with Gasteiger partial charge in [0.25, 0.3) is 0 Å². The molecule has 2 N–H and O–H groups in total. The Balaban J connectivity index is 2.68. The monoisotopic (exact) mass is 220 g/mol. The number of benzene rings is 1. The number of fused-ring (bicyclic) bond motifs is 1. The fraction of sp³-hybridized carbons (Fsp3) is 0.250. The van der Waals surface area contributed by atoms with Crippen LogP contribution in [-0.2, 0) is 6.54 Å². The quantitative estimate of drug-likeness (QED) is 0.766. The second-order valence-corrected chi connectivity index (χ2v) is 3.57. The summed E-state index contributed by atoms with van der Waals surface area (Å²) in [6.07, 6.45) is 0. The van der Waals surface area contributed by atoms with Crippen LogP contribution in [0.4, 0.5) is 0 Å². The van der Waals surface area contributed by atoms with Crippen molar-refractivity contribution in [2.75, 3.05) is 14.2 Å². The first-order chi connectivity index (χ1) is 7.74. The highest BCUT2D eigenvalue weighted by Gasteiger charge is 2.07. The summed E-state index contributed by atoms with van der Waals surface area (Å²) in [5.41, 5.74) is 1.23. The predicted octanol–water partition coefficient (Wildman–Crippen LogP) is 0.495. The number of quaternary nitrogens is 1. The summed E-state index contributed by atoms with van der Waals surface area (Å²) in [6.45, 7) is 0.758. The van der Waals surface area contributed by atoms with Gasteiger partial charge in [-0.1, -0.05) is 0 Å². The van der Waals surface area contributed by atoms with Crippen LogP contribution in [0.2, 0.25) is 0 Å². The molecule has 0 amide bonds. The summed E-state index contributed by atoms with van der Waals surface area (Å²) < 4.78 is 10.2. The average molecular weight is 220 g/mol. The third-order valence-corrected chi connectivity index (χ3v) is 2.46. The Morgan fingerprint density at radius 2 is 2.19 bits per heavy atom. The first kappa shape index (κ1) is 10.7. The molecule has 0 aliphatic carbocycles. The standard InChI is InChI=1S/C12H13NO3/c1-13-7-8-5-12(14)16-11-6-9(15-2)3-4-10(8)11/h3-6,13H,7H2,1-2H3/p+1. The highest BCUT2D eigenvalue weighted by Crippen LogP contribution is 2.21. The third kappa shape index (κ3) is 1.92. The van der Waals surface area contributed by atoms with E-state index in [0.717, 1.165) is 17.5 Å². The Morgan fingerprint density at radius 3 is 2.88 bits per heavy atom. The van der Waals surface area contributed by atoms with Crippen LogP contribution in [0.15, 0.2) is 33.5 Å². The highest BCUT2D eigenvalue weighted by molar-refractivity contribution is 5.81. The van der Waals surface area contributed by atoms with E-state index in [0.29, 0.717) is 11.3 Å². The van der Waals surface area contributed by atoms with Crippen LogP contribution >= 0.6 is 0 Å². The van der Waals surface area contributed by atoms with Crippen molar-refractivity contribution in [3.63, 3.8) is 0 Å². The number of rotatable bonds is 3. The van der Waals surface area contributed by atoms with Crippen LogP contribution in [0, 0.1) is 0 Å². The van der Waals surface area contributed by atoms with Crippen molar-refractivity contribution in [1.29, 1.82) is 0 Å². The van der Waals surface area contributed by atoms with Crippen molar-refractivity contribution in [3.8, 4) is 5.75 Å². The van der Waals surface area contributed by atoms with E-state index in [1.165, 1.54) is 6.07 Å². The highest BCUT2D eigenvalue weighted by atomic mass is 16.5. The largest absolute Gasteiger partial charge is 0.497 e. The van der Waals surface area contributed by atoms with E-state index >= 15 is 0 Å². The van der Waals surface area contributed by atoms with Gasteiger partial charge in [0, 0.05) is 23.1 Å². The van der Waals surface area contributed by atoms with Crippen molar-refractivity contribution in [1.82, 2.24) is 0 Å². The van der Waals surface area contributed by atoms with Crippen molar-refractivity contribution < 1.29 is 14.5 Å². The van der Waals surface area contributed by atoms with Gasteiger partial charge in [-0.25, -0.2) is 4.79 Å². The molecule has 1 aromatic carbocycles. The molecule has 0 aliphatic heterocycles. The first-order valence-corrected chi connectivity index (χ1v) is 5.13. The molecule has 2 aromatic rings. The van der Waals surface area contributed by atoms with Gasteiger partial charge >= 0.3 is 5.63 Å². The number of hydrogen-bond donors (Lipinski definition) is 1. The minimum atomic E-state index is -0.322. The molecule has 0 fully saturated rings. The lowest BCUT2D eigenvalue weighted by molar-refractivity contribution is -0.643. The van der Waals surface area contributed by atoms with Gasteiger partial charge in [-0.05, 0) is 12.1 Å². The molecule has 0 spiro atoms. The maximum atomic E-state index is 11.4. The number of methoxy groups -OCH3 is 1. The average Bonchev–Trinajstić information content (AvgIpc) is 2.28. The lowest BCUT2D eigenvalue weighted by Crippen LogP contribution is -2.77. The van der Waals surface area contributed by atoms with E-state index in [2.05, 4.69) is 0 Å². The maximum Gasteiger partial charge on any atom is 0.336 e. The molecule has 0 radical (unpaired) electrons. The van der Waals surface area contributed by atoms with Crippen molar-refractivity contribution >= 4 is 11.0 Å². The summed E-state index contributed by atoms with van der Waals surface area (Å²) in [7, 11) is 3.55. The maximum absolute atomic E-state index is 11.4. The topological polar surface area (TPSA) is 56.0 Å². The van der Waals surface area contributed by atoms with Crippen LogP contribution in [0.5, 0.6) is 5.75 Å². The summed E-state index contributed by atoms with van der Waals surface area (Å²) in [4.78, 5) is 11.4. The minimum absolute atomic E-state index is 0.322. The number of ether oxygens (including phenoxy) is 1. The van der Waals surface area contributed by atoms with Crippen molar-refractivity contribution in [2.24, 2.45) is 0 Å². The van der Waals surface area contributed by atoms with Gasteiger partial charge < -0.3 is 14.5 Å². The fourth-order valence-corrected chi connectivity index (χ4v) is 1.73. The smallest absolute Gasteiger partial charge is 0.336 e. The van der Waals surface area contributed by atoms with E-state index in [1.54, 1.807) is 13.2 Å². The molecule has 4 nitrogen and oxygen atoms in total. The normalized spacial score (nSPS) is 10.6. The van der Waals surface area contributed by atoms with Crippen LogP contribution in [-0.4, -0.2) is 14.2 Å². The fourth-order valence-electron chi connectivity index (χ4n) is 1.73. The molecule has 0 atom stereocenters. The Kier molecular flexibility index (Phi) is 2.92. The molecule has 0 saturated heterocycles. The molecule has 84 valence electrons. The Hall–Kier alpha value is -1.81. The molecule has 16 heavy (non-hydrogen) atoms. The van der Waals surface area contributed by atoms with Crippen molar-refractivity contribution in [3.05, 3.63) is 40.2 Å². The van der Waals surface area contributed by atoms with Crippen LogP contribution < -0.4 is 15.7 Å². The summed E-state index contributed by atoms with van der Waals surface area (Å²) >= 11 is 0. The zero-order valence-electron chi connectivity index (χ0n) is 9.32. The second-order valence-electron chi connectivity index (χ2n) is 3.57. The Bertz CT molecular complexity index is 560. The lowest BCUT2D eigenvalue weighted by Gasteiger charge is -2.04. The number of nitrogens with two attached hydrogens (primary N) is 1. The molecular formula is C12H14NO3+. The molecule has 0 aliphatic rings. The van der Waals surface area contributed by atoms with E-state index in [1.807, 2.05) is 24.5 Å². The Labute approximate surface area is 92.8 Å². The molecule has 1 heterocycles. The summed E-state index contributed by atoms with van der Waals surface area (Å²) in [5, 5.41) is 2.97. The van der Waals surface area contributed by atoms with Gasteiger partial charge in [0.1, 0.15) is 17.9 Å². The summed E-state index contributed by atoms with van der Waals surface area (Å²) in [5.74, 6) is 0.688. The lowest BCUT2D eigenvalue weighted by atomic mass is 10.1. The third-order valence-electron chi connectivity index (χ3n) is 2.46. The first-order valence-electron chi connectivity index (χ1n) is 5.13. The van der Waals surface area contributed by atoms with Crippen LogP contribution in [0.25, 0.3) is 11.0 Å². The van der Waals surface area contributed by atoms with Gasteiger partial charge in [0.05, 0.1) is 14.2 Å². The van der Waals surface area contributed by atoms with E-state index < -0.39 is 0 Å². The van der Waals surface area contributed by atoms with E-state index in [4.69, 9.17) is 9.15 Å². The molecule has 0 unspecified atom stereocenters. The second kappa shape index (κ2) is 4.37. The number of hydrogen-bond acceptors (Lipinski definition) is 3. The van der Waals surface area contributed by atoms with E-state index in [9.17, 15) is 4.79 Å². The van der Waals surface area contributed by atoms with Gasteiger partial charge in [-0.3, -0.25) is 0 Å². The van der Waals surface area contributed by atoms with Gasteiger partial charge in [0.2, 0.25) is 0 Å². The molecule has 4 heteroatoms. The van der Waals surface area contributed by atoms with Gasteiger partial charge in [-0.15, -0.1) is 0 Å². The minimum Gasteiger partial charge on any atom is -0.497 e. The van der Waals surface area contributed by atoms with Gasteiger partial charge in [-0.2, -0.15) is 0 Å². The molecule has 2 rings (SSSR count). The zero-order chi connectivity index (χ0) is 11.5. The van der Waals surface area contributed by atoms with Crippen molar-refractivity contribution in [2.45, 2.75) is 6.54 Å². The Morgan fingerprint density at radius 1 is 1.38 bits per heavy atom. The van der Waals surface area contributed by atoms with Crippen LogP contribution in [0.1, 0.15) is 5.56 Å². The zero-order valence-corrected chi connectivity index (χ0v) is 9.32. The molecular weight excluding hydrogens is 206 g/mol. The van der Waals surface area contributed by atoms with E-state index in [-0.39, 0.29) is 5.63 Å². The van der Waals surface area contributed by atoms with Crippen LogP contribution in [0.3, 0.4) is 0 Å². The molecule has 0 bridgehead atoms.